The lowest BCUT2D eigenvalue weighted by atomic mass is 9.96. The minimum absolute atomic E-state index is 0.0325. The highest BCUT2D eigenvalue weighted by molar-refractivity contribution is 6.08. The summed E-state index contributed by atoms with van der Waals surface area (Å²) in [4.78, 5) is 20.0. The fourth-order valence-electron chi connectivity index (χ4n) is 5.25. The van der Waals surface area contributed by atoms with Crippen LogP contribution in [0.2, 0.25) is 0 Å². The Labute approximate surface area is 188 Å². The number of alkyl halides is 2. The number of nitrogens with zero attached hydrogens (tertiary/aromatic N) is 6. The van der Waals surface area contributed by atoms with Gasteiger partial charge in [0.05, 0.1) is 36.7 Å². The highest BCUT2D eigenvalue weighted by Crippen LogP contribution is 2.34. The van der Waals surface area contributed by atoms with Crippen LogP contribution < -0.4 is 10.2 Å². The molecule has 2 atom stereocenters. The molecule has 3 aromatic rings. The van der Waals surface area contributed by atoms with Gasteiger partial charge >= 0.3 is 0 Å². The van der Waals surface area contributed by atoms with Gasteiger partial charge in [0.15, 0.2) is 11.3 Å². The lowest BCUT2D eigenvalue weighted by Gasteiger charge is -2.27. The molecule has 1 N–H and O–H groups in total. The monoisotopic (exact) mass is 457 g/mol. The molecule has 174 valence electrons. The zero-order valence-electron chi connectivity index (χ0n) is 18.0. The molecule has 9 nitrogen and oxygen atoms in total. The van der Waals surface area contributed by atoms with Gasteiger partial charge in [-0.25, -0.2) is 18.3 Å². The third-order valence-electron chi connectivity index (χ3n) is 6.96. The van der Waals surface area contributed by atoms with Gasteiger partial charge in [-0.1, -0.05) is 19.3 Å². The Hall–Kier alpha value is -3.08. The fraction of sp³-hybridized carbons (Fsp3) is 0.545. The smallest absolute Gasteiger partial charge is 0.284 e. The van der Waals surface area contributed by atoms with Crippen molar-refractivity contribution in [2.24, 2.45) is 0 Å². The van der Waals surface area contributed by atoms with Gasteiger partial charge in [-0.2, -0.15) is 10.2 Å². The lowest BCUT2D eigenvalue weighted by molar-refractivity contribution is 0.0988. The van der Waals surface area contributed by atoms with Crippen LogP contribution in [-0.4, -0.2) is 55.6 Å². The van der Waals surface area contributed by atoms with Gasteiger partial charge in [-0.05, 0) is 25.3 Å². The summed E-state index contributed by atoms with van der Waals surface area (Å²) in [5, 5.41) is 11.0. The summed E-state index contributed by atoms with van der Waals surface area (Å²) >= 11 is 0. The number of hydrogen-bond donors (Lipinski definition) is 1. The van der Waals surface area contributed by atoms with E-state index in [2.05, 4.69) is 25.4 Å². The highest BCUT2D eigenvalue weighted by atomic mass is 19.3. The molecule has 1 saturated carbocycles. The number of ether oxygens (including phenoxy) is 1. The second-order valence-electron chi connectivity index (χ2n) is 9.06. The third-order valence-corrected chi connectivity index (χ3v) is 6.96. The Morgan fingerprint density at radius 2 is 2.06 bits per heavy atom. The van der Waals surface area contributed by atoms with Crippen molar-refractivity contribution in [3.63, 3.8) is 0 Å². The SMILES string of the molecule is O=C(Nc1cn(C2CCCCC2)nc1C(F)F)c1cnn2ccc(N3CC4C[C@H]3CO4)nc12. The quantitative estimate of drug-likeness (QED) is 0.630. The number of morpholine rings is 1. The molecule has 1 amide bonds. The number of rotatable bonds is 5. The van der Waals surface area contributed by atoms with E-state index in [4.69, 9.17) is 4.74 Å². The van der Waals surface area contributed by atoms with E-state index in [1.54, 1.807) is 10.9 Å². The van der Waals surface area contributed by atoms with Crippen LogP contribution in [0.4, 0.5) is 20.3 Å². The normalized spacial score (nSPS) is 23.2. The highest BCUT2D eigenvalue weighted by Gasteiger charge is 2.39. The van der Waals surface area contributed by atoms with Crippen molar-refractivity contribution in [2.75, 3.05) is 23.4 Å². The largest absolute Gasteiger partial charge is 0.374 e. The van der Waals surface area contributed by atoms with Crippen LogP contribution in [0, 0.1) is 0 Å². The average molecular weight is 457 g/mol. The van der Waals surface area contributed by atoms with E-state index in [0.29, 0.717) is 12.3 Å². The van der Waals surface area contributed by atoms with Crippen molar-refractivity contribution in [3.8, 4) is 0 Å². The summed E-state index contributed by atoms with van der Waals surface area (Å²) in [6, 6.07) is 2.23. The summed E-state index contributed by atoms with van der Waals surface area (Å²) in [5.41, 5.74) is 0.229. The number of aromatic nitrogens is 5. The van der Waals surface area contributed by atoms with E-state index in [1.807, 2.05) is 6.07 Å². The maximum absolute atomic E-state index is 13.7. The number of hydrogen-bond acceptors (Lipinski definition) is 6. The second kappa shape index (κ2) is 8.05. The van der Waals surface area contributed by atoms with Crippen molar-refractivity contribution < 1.29 is 18.3 Å². The first kappa shape index (κ1) is 20.5. The summed E-state index contributed by atoms with van der Waals surface area (Å²) < 4.78 is 36.1. The first-order chi connectivity index (χ1) is 16.1. The second-order valence-corrected chi connectivity index (χ2v) is 9.06. The zero-order valence-corrected chi connectivity index (χ0v) is 18.0. The van der Waals surface area contributed by atoms with Crippen LogP contribution in [0.15, 0.2) is 24.7 Å². The predicted molar refractivity (Wildman–Crippen MR) is 116 cm³/mol. The summed E-state index contributed by atoms with van der Waals surface area (Å²) in [6.45, 7) is 1.44. The van der Waals surface area contributed by atoms with Crippen LogP contribution in [0.3, 0.4) is 0 Å². The molecule has 5 heterocycles. The molecule has 11 heteroatoms. The summed E-state index contributed by atoms with van der Waals surface area (Å²) in [6.07, 6.45) is 8.17. The van der Waals surface area contributed by atoms with Gasteiger partial charge in [-0.15, -0.1) is 0 Å². The maximum atomic E-state index is 13.7. The summed E-state index contributed by atoms with van der Waals surface area (Å²) in [7, 11) is 0. The predicted octanol–water partition coefficient (Wildman–Crippen LogP) is 3.60. The first-order valence-corrected chi connectivity index (χ1v) is 11.5. The topological polar surface area (TPSA) is 89.6 Å². The van der Waals surface area contributed by atoms with Gasteiger partial charge in [-0.3, -0.25) is 9.48 Å². The number of halogens is 2. The first-order valence-electron chi connectivity index (χ1n) is 11.5. The van der Waals surface area contributed by atoms with Crippen molar-refractivity contribution in [3.05, 3.63) is 35.9 Å². The minimum Gasteiger partial charge on any atom is -0.374 e. The Balaban J connectivity index is 1.28. The van der Waals surface area contributed by atoms with Crippen LogP contribution in [0.1, 0.15) is 67.0 Å². The van der Waals surface area contributed by atoms with E-state index >= 15 is 0 Å². The maximum Gasteiger partial charge on any atom is 0.284 e. The van der Waals surface area contributed by atoms with Crippen molar-refractivity contribution >= 4 is 23.1 Å². The molecule has 3 aliphatic rings. The molecule has 0 spiro atoms. The standard InChI is InChI=1S/C22H25F2N7O2/c23-20(24)19-17(11-31(28-19)13-4-2-1-3-5-13)26-22(32)16-9-25-30-7-6-18(27-21(16)30)29-10-15-8-14(29)12-33-15/h6-7,9,11,13-15,20H,1-5,8,10,12H2,(H,26,32)/t14-,15?/m0/s1. The van der Waals surface area contributed by atoms with Gasteiger partial charge < -0.3 is 15.0 Å². The minimum atomic E-state index is -2.79. The number of carbonyl (C=O) groups is 1. The van der Waals surface area contributed by atoms with Gasteiger partial charge in [0.25, 0.3) is 12.3 Å². The van der Waals surface area contributed by atoms with Crippen molar-refractivity contribution in [2.45, 2.75) is 63.1 Å². The molecule has 1 aliphatic carbocycles. The van der Waals surface area contributed by atoms with E-state index < -0.39 is 18.0 Å². The fourth-order valence-corrected chi connectivity index (χ4v) is 5.25. The third kappa shape index (κ3) is 3.64. The van der Waals surface area contributed by atoms with E-state index in [1.165, 1.54) is 16.9 Å². The molecule has 2 saturated heterocycles. The van der Waals surface area contributed by atoms with Gasteiger partial charge in [0.2, 0.25) is 0 Å². The molecular weight excluding hydrogens is 432 g/mol. The number of nitrogens with one attached hydrogen (secondary N) is 1. The Kier molecular flexibility index (Phi) is 5.01. The van der Waals surface area contributed by atoms with E-state index in [-0.39, 0.29) is 29.4 Å². The van der Waals surface area contributed by atoms with Crippen molar-refractivity contribution in [1.29, 1.82) is 0 Å². The number of anilines is 2. The molecule has 0 radical (unpaired) electrons. The van der Waals surface area contributed by atoms with Crippen LogP contribution in [0.5, 0.6) is 0 Å². The van der Waals surface area contributed by atoms with Crippen LogP contribution in [0.25, 0.3) is 5.65 Å². The lowest BCUT2D eigenvalue weighted by Crippen LogP contribution is -2.37. The van der Waals surface area contributed by atoms with Gasteiger partial charge in [0, 0.05) is 18.9 Å². The Bertz CT molecular complexity index is 1190. The summed E-state index contributed by atoms with van der Waals surface area (Å²) in [5.74, 6) is 0.220. The molecule has 6 rings (SSSR count). The molecular formula is C22H25F2N7O2. The Morgan fingerprint density at radius 3 is 2.79 bits per heavy atom. The molecule has 33 heavy (non-hydrogen) atoms. The van der Waals surface area contributed by atoms with Gasteiger partial charge in [0.1, 0.15) is 11.4 Å². The molecule has 3 aromatic heterocycles. The van der Waals surface area contributed by atoms with E-state index in [0.717, 1.165) is 50.9 Å². The van der Waals surface area contributed by atoms with Crippen LogP contribution >= 0.6 is 0 Å². The molecule has 2 aliphatic heterocycles. The average Bonchev–Trinajstić information content (AvgIpc) is 3.61. The molecule has 0 aromatic carbocycles. The molecule has 1 unspecified atom stereocenters. The van der Waals surface area contributed by atoms with Crippen LogP contribution in [-0.2, 0) is 4.74 Å². The number of carbonyl (C=O) groups excluding carboxylic acids is 1. The van der Waals surface area contributed by atoms with Crippen molar-refractivity contribution in [1.82, 2.24) is 24.4 Å². The van der Waals surface area contributed by atoms with E-state index in [9.17, 15) is 13.6 Å². The number of fused-ring (bicyclic) bond motifs is 3. The molecule has 2 bridgehead atoms. The number of amides is 1. The zero-order chi connectivity index (χ0) is 22.5. The molecule has 3 fully saturated rings. The Morgan fingerprint density at radius 1 is 1.21 bits per heavy atom.